The summed E-state index contributed by atoms with van der Waals surface area (Å²) in [6.45, 7) is 8.65. The molecule has 0 aliphatic rings. The van der Waals surface area contributed by atoms with E-state index < -0.39 is 0 Å². The maximum atomic E-state index is 4.05. The van der Waals surface area contributed by atoms with Crippen LogP contribution in [0, 0.1) is 13.8 Å². The van der Waals surface area contributed by atoms with Crippen molar-refractivity contribution in [3.63, 3.8) is 0 Å². The minimum atomic E-state index is 0.405. The first kappa shape index (κ1) is 13.8. The maximum absolute atomic E-state index is 4.05. The van der Waals surface area contributed by atoms with Gasteiger partial charge in [0.1, 0.15) is 0 Å². The Balaban J connectivity index is 1.81. The number of nitrogens with zero attached hydrogens (tertiary/aromatic N) is 2. The Morgan fingerprint density at radius 1 is 1.32 bits per heavy atom. The molecular formula is C16H23N3. The van der Waals surface area contributed by atoms with Crippen molar-refractivity contribution in [3.05, 3.63) is 53.6 Å². The molecular weight excluding hydrogens is 234 g/mol. The molecule has 1 heterocycles. The normalized spacial score (nSPS) is 12.6. The molecule has 1 atom stereocenters. The summed E-state index contributed by atoms with van der Waals surface area (Å²) in [6, 6.07) is 6.93. The third kappa shape index (κ3) is 3.67. The minimum absolute atomic E-state index is 0.405. The van der Waals surface area contributed by atoms with E-state index >= 15 is 0 Å². The van der Waals surface area contributed by atoms with E-state index in [1.54, 1.807) is 0 Å². The highest BCUT2D eigenvalue weighted by atomic mass is 15.0. The quantitative estimate of drug-likeness (QED) is 0.805. The molecule has 1 N–H and O–H groups in total. The van der Waals surface area contributed by atoms with Crippen LogP contribution in [0.3, 0.4) is 0 Å². The van der Waals surface area contributed by atoms with Crippen LogP contribution in [-0.4, -0.2) is 16.1 Å². The summed E-state index contributed by atoms with van der Waals surface area (Å²) in [5.41, 5.74) is 4.17. The Morgan fingerprint density at radius 2 is 2.16 bits per heavy atom. The summed E-state index contributed by atoms with van der Waals surface area (Å²) < 4.78 is 2.12. The molecule has 19 heavy (non-hydrogen) atoms. The van der Waals surface area contributed by atoms with Crippen molar-refractivity contribution in [2.45, 2.75) is 39.8 Å². The average molecular weight is 257 g/mol. The van der Waals surface area contributed by atoms with E-state index in [0.717, 1.165) is 19.5 Å². The zero-order valence-electron chi connectivity index (χ0n) is 12.1. The molecule has 0 aliphatic heterocycles. The number of hydrogen-bond donors (Lipinski definition) is 1. The van der Waals surface area contributed by atoms with Crippen molar-refractivity contribution in [2.75, 3.05) is 6.54 Å². The maximum Gasteiger partial charge on any atom is 0.0945 e. The highest BCUT2D eigenvalue weighted by molar-refractivity contribution is 5.34. The Hall–Kier alpha value is -1.61. The molecule has 102 valence electrons. The highest BCUT2D eigenvalue weighted by Gasteiger charge is 2.08. The number of aromatic nitrogens is 2. The molecule has 1 aromatic carbocycles. The van der Waals surface area contributed by atoms with Crippen LogP contribution in [0.5, 0.6) is 0 Å². The molecule has 2 rings (SSSR count). The monoisotopic (exact) mass is 257 g/mol. The fourth-order valence-electron chi connectivity index (χ4n) is 2.35. The molecule has 0 spiro atoms. The summed E-state index contributed by atoms with van der Waals surface area (Å²) >= 11 is 0. The Morgan fingerprint density at radius 3 is 2.89 bits per heavy atom. The predicted molar refractivity (Wildman–Crippen MR) is 79.2 cm³/mol. The van der Waals surface area contributed by atoms with Gasteiger partial charge < -0.3 is 9.88 Å². The zero-order chi connectivity index (χ0) is 13.7. The number of rotatable bonds is 6. The molecule has 0 unspecified atom stereocenters. The summed E-state index contributed by atoms with van der Waals surface area (Å²) in [4.78, 5) is 4.05. The van der Waals surface area contributed by atoms with Gasteiger partial charge in [-0.3, -0.25) is 0 Å². The number of hydrogen-bond acceptors (Lipinski definition) is 2. The molecule has 0 fully saturated rings. The van der Waals surface area contributed by atoms with Crippen molar-refractivity contribution >= 4 is 0 Å². The second-order valence-corrected chi connectivity index (χ2v) is 5.12. The van der Waals surface area contributed by atoms with E-state index in [0.29, 0.717) is 6.04 Å². The van der Waals surface area contributed by atoms with Crippen LogP contribution in [0.15, 0.2) is 36.9 Å². The lowest BCUT2D eigenvalue weighted by Gasteiger charge is -2.18. The van der Waals surface area contributed by atoms with Gasteiger partial charge in [-0.25, -0.2) is 4.98 Å². The van der Waals surface area contributed by atoms with Crippen LogP contribution >= 0.6 is 0 Å². The summed E-state index contributed by atoms with van der Waals surface area (Å²) in [5.74, 6) is 0. The smallest absolute Gasteiger partial charge is 0.0945 e. The van der Waals surface area contributed by atoms with Crippen LogP contribution in [-0.2, 0) is 6.54 Å². The first-order chi connectivity index (χ1) is 9.18. The number of benzene rings is 1. The van der Waals surface area contributed by atoms with E-state index in [4.69, 9.17) is 0 Å². The Bertz CT molecular complexity index is 503. The van der Waals surface area contributed by atoms with E-state index in [1.807, 2.05) is 18.7 Å². The fourth-order valence-corrected chi connectivity index (χ4v) is 2.35. The van der Waals surface area contributed by atoms with Crippen molar-refractivity contribution in [3.8, 4) is 0 Å². The van der Waals surface area contributed by atoms with Crippen LogP contribution in [0.4, 0.5) is 0 Å². The minimum Gasteiger partial charge on any atom is -0.337 e. The second-order valence-electron chi connectivity index (χ2n) is 5.12. The predicted octanol–water partition coefficient (Wildman–Crippen LogP) is 3.24. The first-order valence-corrected chi connectivity index (χ1v) is 6.93. The lowest BCUT2D eigenvalue weighted by atomic mass is 9.98. The SMILES string of the molecule is Cc1cccc([C@@H](C)NCCCn2ccnc2)c1C. The molecule has 0 saturated heterocycles. The van der Waals surface area contributed by atoms with Crippen LogP contribution in [0.25, 0.3) is 0 Å². The van der Waals surface area contributed by atoms with Crippen molar-refractivity contribution in [1.29, 1.82) is 0 Å². The first-order valence-electron chi connectivity index (χ1n) is 6.93. The molecule has 3 nitrogen and oxygen atoms in total. The summed E-state index contributed by atoms with van der Waals surface area (Å²) in [6.07, 6.45) is 6.82. The standard InChI is InChI=1S/C16H23N3/c1-13-6-4-7-16(14(13)2)15(3)18-8-5-10-19-11-9-17-12-19/h4,6-7,9,11-12,15,18H,5,8,10H2,1-3H3/t15-/m1/s1. The molecule has 0 aliphatic carbocycles. The van der Waals surface area contributed by atoms with Crippen molar-refractivity contribution in [2.24, 2.45) is 0 Å². The number of aryl methyl sites for hydroxylation is 2. The lowest BCUT2D eigenvalue weighted by molar-refractivity contribution is 0.525. The molecule has 0 radical (unpaired) electrons. The van der Waals surface area contributed by atoms with E-state index in [1.165, 1.54) is 16.7 Å². The van der Waals surface area contributed by atoms with Crippen LogP contribution in [0.1, 0.15) is 36.1 Å². The number of imidazole rings is 1. The largest absolute Gasteiger partial charge is 0.337 e. The molecule has 1 aromatic heterocycles. The summed E-state index contributed by atoms with van der Waals surface area (Å²) in [7, 11) is 0. The van der Waals surface area contributed by atoms with Gasteiger partial charge >= 0.3 is 0 Å². The Labute approximate surface area is 115 Å². The highest BCUT2D eigenvalue weighted by Crippen LogP contribution is 2.19. The topological polar surface area (TPSA) is 29.9 Å². The van der Waals surface area contributed by atoms with Gasteiger partial charge in [-0.05, 0) is 50.4 Å². The van der Waals surface area contributed by atoms with Gasteiger partial charge in [0.05, 0.1) is 6.33 Å². The molecule has 0 amide bonds. The summed E-state index contributed by atoms with van der Waals surface area (Å²) in [5, 5.41) is 3.60. The Kier molecular flexibility index (Phi) is 4.74. The van der Waals surface area contributed by atoms with E-state index in [-0.39, 0.29) is 0 Å². The van der Waals surface area contributed by atoms with Gasteiger partial charge in [0.15, 0.2) is 0 Å². The van der Waals surface area contributed by atoms with E-state index in [2.05, 4.69) is 53.8 Å². The molecule has 3 heteroatoms. The average Bonchev–Trinajstić information content (AvgIpc) is 2.91. The fraction of sp³-hybridized carbons (Fsp3) is 0.438. The third-order valence-corrected chi connectivity index (χ3v) is 3.72. The number of nitrogens with one attached hydrogen (secondary N) is 1. The van der Waals surface area contributed by atoms with Gasteiger partial charge in [-0.15, -0.1) is 0 Å². The molecule has 2 aromatic rings. The van der Waals surface area contributed by atoms with E-state index in [9.17, 15) is 0 Å². The zero-order valence-corrected chi connectivity index (χ0v) is 12.1. The van der Waals surface area contributed by atoms with Gasteiger partial charge in [0, 0.05) is 25.0 Å². The van der Waals surface area contributed by atoms with Crippen LogP contribution < -0.4 is 5.32 Å². The third-order valence-electron chi connectivity index (χ3n) is 3.72. The van der Waals surface area contributed by atoms with Crippen LogP contribution in [0.2, 0.25) is 0 Å². The van der Waals surface area contributed by atoms with Gasteiger partial charge in [0.25, 0.3) is 0 Å². The second kappa shape index (κ2) is 6.53. The van der Waals surface area contributed by atoms with Gasteiger partial charge in [-0.2, -0.15) is 0 Å². The molecule has 0 bridgehead atoms. The van der Waals surface area contributed by atoms with Crippen molar-refractivity contribution < 1.29 is 0 Å². The van der Waals surface area contributed by atoms with Gasteiger partial charge in [-0.1, -0.05) is 18.2 Å². The van der Waals surface area contributed by atoms with Gasteiger partial charge in [0.2, 0.25) is 0 Å². The molecule has 0 saturated carbocycles. The van der Waals surface area contributed by atoms with Crippen molar-refractivity contribution in [1.82, 2.24) is 14.9 Å². The lowest BCUT2D eigenvalue weighted by Crippen LogP contribution is -2.21.